The van der Waals surface area contributed by atoms with E-state index in [2.05, 4.69) is 31.9 Å². The molecule has 0 spiro atoms. The summed E-state index contributed by atoms with van der Waals surface area (Å²) in [5, 5.41) is 0. The van der Waals surface area contributed by atoms with Gasteiger partial charge in [0.1, 0.15) is 0 Å². The molecule has 0 aliphatic rings. The van der Waals surface area contributed by atoms with Crippen molar-refractivity contribution in [3.8, 4) is 0 Å². The average Bonchev–Trinajstić information content (AvgIpc) is 2.37. The molecule has 0 fully saturated rings. The van der Waals surface area contributed by atoms with E-state index in [0.717, 1.165) is 26.6 Å². The van der Waals surface area contributed by atoms with Crippen LogP contribution in [0.1, 0.15) is 22.7 Å². The highest BCUT2D eigenvalue weighted by Crippen LogP contribution is 2.31. The molecule has 2 N–H and O–H groups in total. The van der Waals surface area contributed by atoms with E-state index in [1.54, 1.807) is 6.07 Å². The predicted octanol–water partition coefficient (Wildman–Crippen LogP) is 5.47. The first-order chi connectivity index (χ1) is 9.77. The Morgan fingerprint density at radius 3 is 2.38 bits per heavy atom. The quantitative estimate of drug-likeness (QED) is 0.696. The molecular formula is C15H12Br2F3N. The summed E-state index contributed by atoms with van der Waals surface area (Å²) >= 11 is 6.77. The van der Waals surface area contributed by atoms with Crippen LogP contribution in [0.4, 0.5) is 13.2 Å². The second-order valence-corrected chi connectivity index (χ2v) is 6.44. The normalized spacial score (nSPS) is 13.2. The van der Waals surface area contributed by atoms with E-state index in [-0.39, 0.29) is 6.04 Å². The van der Waals surface area contributed by atoms with Crippen LogP contribution in [-0.4, -0.2) is 0 Å². The van der Waals surface area contributed by atoms with E-state index < -0.39 is 11.7 Å². The van der Waals surface area contributed by atoms with Crippen molar-refractivity contribution < 1.29 is 13.2 Å². The zero-order valence-corrected chi connectivity index (χ0v) is 14.0. The molecule has 0 bridgehead atoms. The summed E-state index contributed by atoms with van der Waals surface area (Å²) in [6.07, 6.45) is -4.00. The minimum atomic E-state index is -4.34. The molecule has 0 saturated carbocycles. The molecule has 2 aromatic carbocycles. The zero-order chi connectivity index (χ0) is 15.6. The van der Waals surface area contributed by atoms with Crippen LogP contribution in [0.2, 0.25) is 0 Å². The summed E-state index contributed by atoms with van der Waals surface area (Å²) in [6.45, 7) is 0. The van der Waals surface area contributed by atoms with Gasteiger partial charge in [-0.3, -0.25) is 0 Å². The van der Waals surface area contributed by atoms with Gasteiger partial charge in [0.15, 0.2) is 0 Å². The summed E-state index contributed by atoms with van der Waals surface area (Å²) in [7, 11) is 0. The van der Waals surface area contributed by atoms with E-state index in [1.165, 1.54) is 6.07 Å². The van der Waals surface area contributed by atoms with E-state index >= 15 is 0 Å². The maximum Gasteiger partial charge on any atom is 0.416 e. The number of halogens is 5. The van der Waals surface area contributed by atoms with Gasteiger partial charge < -0.3 is 5.73 Å². The van der Waals surface area contributed by atoms with Gasteiger partial charge >= 0.3 is 6.18 Å². The Labute approximate surface area is 137 Å². The highest BCUT2D eigenvalue weighted by molar-refractivity contribution is 9.11. The summed E-state index contributed by atoms with van der Waals surface area (Å²) < 4.78 is 39.8. The summed E-state index contributed by atoms with van der Waals surface area (Å²) in [5.41, 5.74) is 6.88. The predicted molar refractivity (Wildman–Crippen MR) is 83.9 cm³/mol. The van der Waals surface area contributed by atoms with E-state index in [4.69, 9.17) is 5.73 Å². The van der Waals surface area contributed by atoms with Crippen LogP contribution in [0.25, 0.3) is 0 Å². The van der Waals surface area contributed by atoms with Crippen molar-refractivity contribution in [2.24, 2.45) is 5.73 Å². The summed E-state index contributed by atoms with van der Waals surface area (Å²) in [5.74, 6) is 0. The molecule has 0 aliphatic carbocycles. The van der Waals surface area contributed by atoms with Gasteiger partial charge in [0.2, 0.25) is 0 Å². The molecule has 1 unspecified atom stereocenters. The van der Waals surface area contributed by atoms with E-state index in [1.807, 2.05) is 18.2 Å². The van der Waals surface area contributed by atoms with E-state index in [0.29, 0.717) is 12.0 Å². The monoisotopic (exact) mass is 421 g/mol. The molecule has 112 valence electrons. The Bertz CT molecular complexity index is 641. The van der Waals surface area contributed by atoms with Crippen LogP contribution in [0.5, 0.6) is 0 Å². The highest BCUT2D eigenvalue weighted by Gasteiger charge is 2.30. The molecule has 0 aliphatic heterocycles. The number of benzene rings is 2. The van der Waals surface area contributed by atoms with Crippen LogP contribution in [0.3, 0.4) is 0 Å². The lowest BCUT2D eigenvalue weighted by Gasteiger charge is -2.15. The largest absolute Gasteiger partial charge is 0.416 e. The van der Waals surface area contributed by atoms with E-state index in [9.17, 15) is 13.2 Å². The third-order valence-corrected chi connectivity index (χ3v) is 4.25. The van der Waals surface area contributed by atoms with Crippen LogP contribution in [-0.2, 0) is 12.6 Å². The lowest BCUT2D eigenvalue weighted by atomic mass is 9.98. The van der Waals surface area contributed by atoms with Crippen molar-refractivity contribution >= 4 is 31.9 Å². The number of hydrogen-bond acceptors (Lipinski definition) is 1. The molecule has 6 heteroatoms. The number of nitrogens with two attached hydrogens (primary N) is 1. The minimum absolute atomic E-state index is 0.337. The molecular weight excluding hydrogens is 411 g/mol. The topological polar surface area (TPSA) is 26.0 Å². The van der Waals surface area contributed by atoms with Gasteiger partial charge in [-0.2, -0.15) is 13.2 Å². The maximum absolute atomic E-state index is 12.7. The average molecular weight is 423 g/mol. The second-order valence-electron chi connectivity index (χ2n) is 4.67. The van der Waals surface area contributed by atoms with Crippen LogP contribution >= 0.6 is 31.9 Å². The Balaban J connectivity index is 2.21. The number of hydrogen-bond donors (Lipinski definition) is 1. The maximum atomic E-state index is 12.7. The smallest absolute Gasteiger partial charge is 0.324 e. The Morgan fingerprint density at radius 2 is 1.76 bits per heavy atom. The van der Waals surface area contributed by atoms with Crippen molar-refractivity contribution in [2.45, 2.75) is 18.6 Å². The highest BCUT2D eigenvalue weighted by atomic mass is 79.9. The first-order valence-electron chi connectivity index (χ1n) is 6.14. The molecule has 2 rings (SSSR count). The SMILES string of the molecule is NC(Cc1cccc(C(F)(F)F)c1)c1ccc(Br)cc1Br. The molecule has 0 aromatic heterocycles. The second kappa shape index (κ2) is 6.50. The van der Waals surface area contributed by atoms with Gasteiger partial charge in [0, 0.05) is 15.0 Å². The van der Waals surface area contributed by atoms with Crippen molar-refractivity contribution in [1.82, 2.24) is 0 Å². The standard InChI is InChI=1S/C15H12Br2F3N/c16-11-4-5-12(13(17)8-11)14(21)7-9-2-1-3-10(6-9)15(18,19)20/h1-6,8,14H,7,21H2. The van der Waals surface area contributed by atoms with Crippen LogP contribution in [0.15, 0.2) is 51.4 Å². The van der Waals surface area contributed by atoms with Crippen molar-refractivity contribution in [2.75, 3.05) is 0 Å². The molecule has 1 nitrogen and oxygen atoms in total. The van der Waals surface area contributed by atoms with Gasteiger partial charge in [-0.15, -0.1) is 0 Å². The van der Waals surface area contributed by atoms with Gasteiger partial charge in [0.25, 0.3) is 0 Å². The Hall–Kier alpha value is -0.850. The molecule has 0 heterocycles. The zero-order valence-electron chi connectivity index (χ0n) is 10.8. The fourth-order valence-corrected chi connectivity index (χ4v) is 3.38. The first kappa shape index (κ1) is 16.5. The van der Waals surface area contributed by atoms with Gasteiger partial charge in [0.05, 0.1) is 5.56 Å². The summed E-state index contributed by atoms with van der Waals surface area (Å²) in [6, 6.07) is 10.5. The molecule has 21 heavy (non-hydrogen) atoms. The molecule has 0 radical (unpaired) electrons. The van der Waals surface area contributed by atoms with Crippen LogP contribution in [0, 0.1) is 0 Å². The fourth-order valence-electron chi connectivity index (χ4n) is 2.04. The lowest BCUT2D eigenvalue weighted by Crippen LogP contribution is -2.14. The molecule has 0 saturated heterocycles. The Morgan fingerprint density at radius 1 is 1.05 bits per heavy atom. The lowest BCUT2D eigenvalue weighted by molar-refractivity contribution is -0.137. The first-order valence-corrected chi connectivity index (χ1v) is 7.72. The van der Waals surface area contributed by atoms with Crippen molar-refractivity contribution in [1.29, 1.82) is 0 Å². The fraction of sp³-hybridized carbons (Fsp3) is 0.200. The number of alkyl halides is 3. The number of rotatable bonds is 3. The summed E-state index contributed by atoms with van der Waals surface area (Å²) in [4.78, 5) is 0. The van der Waals surface area contributed by atoms with Crippen molar-refractivity contribution in [3.05, 3.63) is 68.1 Å². The minimum Gasteiger partial charge on any atom is -0.324 e. The van der Waals surface area contributed by atoms with Crippen LogP contribution < -0.4 is 5.73 Å². The van der Waals surface area contributed by atoms with Gasteiger partial charge in [-0.25, -0.2) is 0 Å². The van der Waals surface area contributed by atoms with Crippen molar-refractivity contribution in [3.63, 3.8) is 0 Å². The van der Waals surface area contributed by atoms with Gasteiger partial charge in [-0.05, 0) is 35.7 Å². The Kier molecular flexibility index (Phi) is 5.11. The molecule has 2 aromatic rings. The third kappa shape index (κ3) is 4.31. The molecule has 0 amide bonds. The van der Waals surface area contributed by atoms with Gasteiger partial charge in [-0.1, -0.05) is 56.1 Å². The third-order valence-electron chi connectivity index (χ3n) is 3.07. The molecule has 1 atom stereocenters.